The van der Waals surface area contributed by atoms with Crippen LogP contribution in [-0.4, -0.2) is 31.4 Å². The first-order valence-corrected chi connectivity index (χ1v) is 5.16. The number of ether oxygens (including phenoxy) is 3. The number of hydrogen-bond donors (Lipinski definition) is 0. The summed E-state index contributed by atoms with van der Waals surface area (Å²) in [7, 11) is 1.28. The third-order valence-corrected chi connectivity index (χ3v) is 3.81. The van der Waals surface area contributed by atoms with Gasteiger partial charge in [0.15, 0.2) is 0 Å². The Hall–Kier alpha value is -1.26. The predicted molar refractivity (Wildman–Crippen MR) is 46.9 cm³/mol. The van der Waals surface area contributed by atoms with Crippen molar-refractivity contribution in [3.63, 3.8) is 0 Å². The summed E-state index contributed by atoms with van der Waals surface area (Å²) in [5, 5.41) is 0. The molecule has 5 unspecified atom stereocenters. The Kier molecular flexibility index (Phi) is 1.72. The fourth-order valence-corrected chi connectivity index (χ4v) is 3.22. The average molecular weight is 212 g/mol. The van der Waals surface area contributed by atoms with Crippen molar-refractivity contribution in [1.29, 1.82) is 0 Å². The molecule has 0 aromatic carbocycles. The van der Waals surface area contributed by atoms with Gasteiger partial charge in [-0.15, -0.1) is 0 Å². The summed E-state index contributed by atoms with van der Waals surface area (Å²) in [4.78, 5) is 22.4. The fourth-order valence-electron chi connectivity index (χ4n) is 3.22. The highest BCUT2D eigenvalue weighted by atomic mass is 16.7. The predicted octanol–water partition coefficient (Wildman–Crippen LogP) is 0.719. The van der Waals surface area contributed by atoms with Crippen molar-refractivity contribution in [1.82, 2.24) is 0 Å². The lowest BCUT2D eigenvalue weighted by atomic mass is 9.88. The average Bonchev–Trinajstić information content (AvgIpc) is 2.81. The normalized spacial score (nSPS) is 45.4. The van der Waals surface area contributed by atoms with Gasteiger partial charge in [0.25, 0.3) is 0 Å². The minimum atomic E-state index is -0.688. The number of methoxy groups -OCH3 is 1. The van der Waals surface area contributed by atoms with Crippen LogP contribution in [0, 0.1) is 17.8 Å². The number of rotatable bonds is 1. The van der Waals surface area contributed by atoms with Crippen LogP contribution in [0.5, 0.6) is 0 Å². The van der Waals surface area contributed by atoms with Crippen molar-refractivity contribution < 1.29 is 23.8 Å². The first-order chi connectivity index (χ1) is 7.20. The summed E-state index contributed by atoms with van der Waals surface area (Å²) < 4.78 is 14.8. The van der Waals surface area contributed by atoms with E-state index in [1.807, 2.05) is 0 Å². The van der Waals surface area contributed by atoms with Crippen molar-refractivity contribution in [3.8, 4) is 0 Å². The Balaban J connectivity index is 1.78. The molecule has 0 amide bonds. The molecule has 0 aromatic heterocycles. The Morgan fingerprint density at radius 2 is 2.27 bits per heavy atom. The van der Waals surface area contributed by atoms with E-state index in [0.717, 1.165) is 12.8 Å². The third-order valence-electron chi connectivity index (χ3n) is 3.81. The second-order valence-electron chi connectivity index (χ2n) is 4.44. The summed E-state index contributed by atoms with van der Waals surface area (Å²) >= 11 is 0. The Bertz CT molecular complexity index is 326. The largest absolute Gasteiger partial charge is 0.508 e. The van der Waals surface area contributed by atoms with Gasteiger partial charge >= 0.3 is 12.1 Å². The van der Waals surface area contributed by atoms with Crippen LogP contribution in [0.25, 0.3) is 0 Å². The van der Waals surface area contributed by atoms with Gasteiger partial charge in [-0.1, -0.05) is 0 Å². The lowest BCUT2D eigenvalue weighted by Gasteiger charge is -2.24. The summed E-state index contributed by atoms with van der Waals surface area (Å²) in [5.74, 6) is 0.466. The maximum atomic E-state index is 11.4. The van der Waals surface area contributed by atoms with Gasteiger partial charge in [-0.2, -0.15) is 0 Å². The highest BCUT2D eigenvalue weighted by Gasteiger charge is 2.63. The van der Waals surface area contributed by atoms with Crippen LogP contribution >= 0.6 is 0 Å². The third kappa shape index (κ3) is 1.09. The van der Waals surface area contributed by atoms with E-state index in [4.69, 9.17) is 9.47 Å². The Morgan fingerprint density at radius 1 is 1.47 bits per heavy atom. The van der Waals surface area contributed by atoms with E-state index in [9.17, 15) is 9.59 Å². The smallest absolute Gasteiger partial charge is 0.458 e. The molecule has 1 saturated heterocycles. The maximum absolute atomic E-state index is 11.4. The number of hydrogen-bond acceptors (Lipinski definition) is 5. The van der Waals surface area contributed by atoms with Crippen molar-refractivity contribution >= 4 is 12.1 Å². The molecule has 15 heavy (non-hydrogen) atoms. The monoisotopic (exact) mass is 212 g/mol. The molecule has 0 aromatic rings. The van der Waals surface area contributed by atoms with Gasteiger partial charge in [0, 0.05) is 11.8 Å². The molecule has 1 heterocycles. The zero-order valence-corrected chi connectivity index (χ0v) is 8.34. The van der Waals surface area contributed by atoms with Crippen molar-refractivity contribution in [2.45, 2.75) is 25.0 Å². The molecular weight excluding hydrogens is 200 g/mol. The molecule has 2 aliphatic carbocycles. The lowest BCUT2D eigenvalue weighted by molar-refractivity contribution is -0.146. The zero-order chi connectivity index (χ0) is 10.6. The van der Waals surface area contributed by atoms with E-state index in [2.05, 4.69) is 4.74 Å². The molecule has 3 aliphatic rings. The molecule has 1 aliphatic heterocycles. The number of carbonyl (C=O) groups excluding carboxylic acids is 2. The van der Waals surface area contributed by atoms with Gasteiger partial charge in [0.2, 0.25) is 0 Å². The molecule has 82 valence electrons. The van der Waals surface area contributed by atoms with E-state index in [-0.39, 0.29) is 35.9 Å². The van der Waals surface area contributed by atoms with Gasteiger partial charge in [0.1, 0.15) is 12.2 Å². The highest BCUT2D eigenvalue weighted by molar-refractivity contribution is 5.77. The SMILES string of the molecule is COC(=O)OC1C2CC3C(=O)OC1C3C2. The fraction of sp³-hybridized carbons (Fsp3) is 0.800. The second-order valence-corrected chi connectivity index (χ2v) is 4.44. The van der Waals surface area contributed by atoms with Crippen LogP contribution in [0.4, 0.5) is 4.79 Å². The molecule has 3 fully saturated rings. The molecule has 2 saturated carbocycles. The lowest BCUT2D eigenvalue weighted by Crippen LogP contribution is -2.35. The van der Waals surface area contributed by atoms with Crippen LogP contribution in [0.15, 0.2) is 0 Å². The summed E-state index contributed by atoms with van der Waals surface area (Å²) in [6.07, 6.45) is 0.530. The number of fused-ring (bicyclic) bond motifs is 1. The molecule has 0 spiro atoms. The van der Waals surface area contributed by atoms with E-state index in [1.54, 1.807) is 0 Å². The van der Waals surface area contributed by atoms with Gasteiger partial charge in [-0.3, -0.25) is 4.79 Å². The minimum Gasteiger partial charge on any atom is -0.458 e. The Morgan fingerprint density at radius 3 is 3.00 bits per heavy atom. The first-order valence-electron chi connectivity index (χ1n) is 5.16. The standard InChI is InChI=1S/C10H12O5/c1-13-10(12)15-7-4-2-5-6(3-4)9(11)14-8(5)7/h4-8H,2-3H2,1H3. The molecule has 3 rings (SSSR count). The van der Waals surface area contributed by atoms with Crippen LogP contribution < -0.4 is 0 Å². The van der Waals surface area contributed by atoms with E-state index in [0.29, 0.717) is 0 Å². The summed E-state index contributed by atoms with van der Waals surface area (Å²) in [5.41, 5.74) is 0. The van der Waals surface area contributed by atoms with Crippen LogP contribution in [0.1, 0.15) is 12.8 Å². The summed E-state index contributed by atoms with van der Waals surface area (Å²) in [6, 6.07) is 0. The molecule has 5 heteroatoms. The molecule has 0 N–H and O–H groups in total. The maximum Gasteiger partial charge on any atom is 0.508 e. The molecule has 5 nitrogen and oxygen atoms in total. The molecule has 0 radical (unpaired) electrons. The Labute approximate surface area is 86.7 Å². The van der Waals surface area contributed by atoms with Crippen molar-refractivity contribution in [3.05, 3.63) is 0 Å². The number of esters is 1. The van der Waals surface area contributed by atoms with Gasteiger partial charge in [0.05, 0.1) is 13.0 Å². The quantitative estimate of drug-likeness (QED) is 0.599. The minimum absolute atomic E-state index is 0.0532. The van der Waals surface area contributed by atoms with Crippen LogP contribution in [0.2, 0.25) is 0 Å². The topological polar surface area (TPSA) is 61.8 Å². The van der Waals surface area contributed by atoms with Gasteiger partial charge < -0.3 is 14.2 Å². The molecular formula is C10H12O5. The van der Waals surface area contributed by atoms with E-state index < -0.39 is 6.16 Å². The number of carbonyl (C=O) groups is 2. The summed E-state index contributed by atoms with van der Waals surface area (Å²) in [6.45, 7) is 0. The second kappa shape index (κ2) is 2.87. The molecule has 5 atom stereocenters. The van der Waals surface area contributed by atoms with Crippen molar-refractivity contribution in [2.75, 3.05) is 7.11 Å². The highest BCUT2D eigenvalue weighted by Crippen LogP contribution is 2.55. The van der Waals surface area contributed by atoms with E-state index in [1.165, 1.54) is 7.11 Å². The van der Waals surface area contributed by atoms with Crippen molar-refractivity contribution in [2.24, 2.45) is 17.8 Å². The molecule has 2 bridgehead atoms. The zero-order valence-electron chi connectivity index (χ0n) is 8.34. The van der Waals surface area contributed by atoms with Gasteiger partial charge in [-0.05, 0) is 12.8 Å². The van der Waals surface area contributed by atoms with Gasteiger partial charge in [-0.25, -0.2) is 4.79 Å². The van der Waals surface area contributed by atoms with Crippen LogP contribution in [0.3, 0.4) is 0 Å². The van der Waals surface area contributed by atoms with E-state index >= 15 is 0 Å². The first kappa shape index (κ1) is 9.00. The van der Waals surface area contributed by atoms with Crippen LogP contribution in [-0.2, 0) is 19.0 Å².